The number of rotatable bonds is 1. The number of amides is 1. The minimum atomic E-state index is -0.225. The molecule has 1 aliphatic rings. The number of benzene rings is 2. The highest BCUT2D eigenvalue weighted by atomic mass is 19.1. The molecule has 1 aliphatic heterocycles. The Balaban J connectivity index is 1.67. The number of nitrogens with one attached hydrogen (secondary N) is 1. The minimum Gasteiger partial charge on any atom is -0.357 e. The molecule has 0 bridgehead atoms. The lowest BCUT2D eigenvalue weighted by molar-refractivity contribution is 0.0733. The van der Waals surface area contributed by atoms with Crippen LogP contribution in [-0.2, 0) is 13.0 Å². The molecule has 0 aliphatic carbocycles. The van der Waals surface area contributed by atoms with Crippen LogP contribution >= 0.6 is 0 Å². The topological polar surface area (TPSA) is 36.1 Å². The first kappa shape index (κ1) is 13.1. The molecule has 0 radical (unpaired) electrons. The smallest absolute Gasteiger partial charge is 0.254 e. The second kappa shape index (κ2) is 4.98. The van der Waals surface area contributed by atoms with E-state index in [0.717, 1.165) is 28.6 Å². The van der Waals surface area contributed by atoms with E-state index in [1.807, 2.05) is 35.2 Å². The molecule has 4 heteroatoms. The lowest BCUT2D eigenvalue weighted by Gasteiger charge is -2.27. The average Bonchev–Trinajstić information content (AvgIpc) is 2.92. The molecule has 110 valence electrons. The SMILES string of the molecule is O=C(c1ccccc1)N1CCc2c([nH]c3ccc(F)cc23)C1. The van der Waals surface area contributed by atoms with Crippen LogP contribution in [-0.4, -0.2) is 22.3 Å². The van der Waals surface area contributed by atoms with Crippen molar-refractivity contribution >= 4 is 16.8 Å². The van der Waals surface area contributed by atoms with E-state index >= 15 is 0 Å². The van der Waals surface area contributed by atoms with E-state index in [4.69, 9.17) is 0 Å². The van der Waals surface area contributed by atoms with E-state index in [0.29, 0.717) is 18.7 Å². The van der Waals surface area contributed by atoms with Gasteiger partial charge in [0, 0.05) is 28.7 Å². The highest BCUT2D eigenvalue weighted by Crippen LogP contribution is 2.28. The number of aromatic amines is 1. The summed E-state index contributed by atoms with van der Waals surface area (Å²) in [7, 11) is 0. The van der Waals surface area contributed by atoms with Crippen molar-refractivity contribution in [2.24, 2.45) is 0 Å². The summed E-state index contributed by atoms with van der Waals surface area (Å²) in [6.45, 7) is 1.20. The van der Waals surface area contributed by atoms with Gasteiger partial charge in [-0.3, -0.25) is 4.79 Å². The van der Waals surface area contributed by atoms with Gasteiger partial charge in [0.1, 0.15) is 5.82 Å². The molecule has 4 rings (SSSR count). The van der Waals surface area contributed by atoms with Crippen LogP contribution in [0.3, 0.4) is 0 Å². The van der Waals surface area contributed by atoms with Crippen molar-refractivity contribution in [2.75, 3.05) is 6.54 Å². The Bertz CT molecular complexity index is 854. The fourth-order valence-electron chi connectivity index (χ4n) is 3.15. The maximum Gasteiger partial charge on any atom is 0.254 e. The number of aromatic nitrogens is 1. The second-order valence-electron chi connectivity index (χ2n) is 5.61. The highest BCUT2D eigenvalue weighted by molar-refractivity contribution is 5.94. The van der Waals surface area contributed by atoms with Gasteiger partial charge >= 0.3 is 0 Å². The van der Waals surface area contributed by atoms with Gasteiger partial charge in [-0.05, 0) is 42.3 Å². The summed E-state index contributed by atoms with van der Waals surface area (Å²) in [6.07, 6.45) is 0.747. The van der Waals surface area contributed by atoms with Gasteiger partial charge in [0.15, 0.2) is 0 Å². The molecule has 0 saturated carbocycles. The molecule has 1 amide bonds. The second-order valence-corrected chi connectivity index (χ2v) is 5.61. The summed E-state index contributed by atoms with van der Waals surface area (Å²) in [5.41, 5.74) is 3.77. The summed E-state index contributed by atoms with van der Waals surface area (Å²) < 4.78 is 13.4. The van der Waals surface area contributed by atoms with Crippen LogP contribution in [0.5, 0.6) is 0 Å². The van der Waals surface area contributed by atoms with Crippen molar-refractivity contribution in [1.82, 2.24) is 9.88 Å². The van der Waals surface area contributed by atoms with Crippen LogP contribution in [0.4, 0.5) is 4.39 Å². The third-order valence-electron chi connectivity index (χ3n) is 4.25. The number of hydrogen-bond donors (Lipinski definition) is 1. The molecule has 0 saturated heterocycles. The number of nitrogens with zero attached hydrogens (tertiary/aromatic N) is 1. The number of hydrogen-bond acceptors (Lipinski definition) is 1. The van der Waals surface area contributed by atoms with Crippen molar-refractivity contribution in [3.63, 3.8) is 0 Å². The maximum atomic E-state index is 13.4. The zero-order valence-corrected chi connectivity index (χ0v) is 12.0. The molecular weight excluding hydrogens is 279 g/mol. The van der Waals surface area contributed by atoms with Crippen LogP contribution < -0.4 is 0 Å². The Hall–Kier alpha value is -2.62. The van der Waals surface area contributed by atoms with Gasteiger partial charge in [0.2, 0.25) is 0 Å². The van der Waals surface area contributed by atoms with Gasteiger partial charge < -0.3 is 9.88 Å². The van der Waals surface area contributed by atoms with E-state index in [-0.39, 0.29) is 11.7 Å². The lowest BCUT2D eigenvalue weighted by Crippen LogP contribution is -2.35. The summed E-state index contributed by atoms with van der Waals surface area (Å²) in [5.74, 6) is -0.187. The van der Waals surface area contributed by atoms with E-state index in [2.05, 4.69) is 4.98 Å². The fraction of sp³-hybridized carbons (Fsp3) is 0.167. The fourth-order valence-corrected chi connectivity index (χ4v) is 3.15. The molecule has 0 atom stereocenters. The highest BCUT2D eigenvalue weighted by Gasteiger charge is 2.24. The Labute approximate surface area is 127 Å². The van der Waals surface area contributed by atoms with Crippen LogP contribution in [0, 0.1) is 5.82 Å². The van der Waals surface area contributed by atoms with Crippen molar-refractivity contribution in [3.8, 4) is 0 Å². The quantitative estimate of drug-likeness (QED) is 0.732. The number of fused-ring (bicyclic) bond motifs is 3. The van der Waals surface area contributed by atoms with Crippen molar-refractivity contribution in [3.05, 3.63) is 71.2 Å². The van der Waals surface area contributed by atoms with E-state index < -0.39 is 0 Å². The normalized spacial score (nSPS) is 14.1. The number of carbonyl (C=O) groups is 1. The molecule has 0 spiro atoms. The molecule has 0 fully saturated rings. The third kappa shape index (κ3) is 2.08. The zero-order chi connectivity index (χ0) is 15.1. The Kier molecular flexibility index (Phi) is 2.96. The molecule has 3 aromatic rings. The summed E-state index contributed by atoms with van der Waals surface area (Å²) in [5, 5.41) is 0.932. The number of carbonyl (C=O) groups excluding carboxylic acids is 1. The number of halogens is 1. The van der Waals surface area contributed by atoms with Crippen molar-refractivity contribution in [2.45, 2.75) is 13.0 Å². The van der Waals surface area contributed by atoms with Crippen molar-refractivity contribution in [1.29, 1.82) is 0 Å². The third-order valence-corrected chi connectivity index (χ3v) is 4.25. The van der Waals surface area contributed by atoms with Gasteiger partial charge in [-0.25, -0.2) is 4.39 Å². The molecule has 1 N–H and O–H groups in total. The van der Waals surface area contributed by atoms with Crippen LogP contribution in [0.15, 0.2) is 48.5 Å². The van der Waals surface area contributed by atoms with Gasteiger partial charge in [0.25, 0.3) is 5.91 Å². The van der Waals surface area contributed by atoms with E-state index in [1.165, 1.54) is 6.07 Å². The first-order valence-electron chi connectivity index (χ1n) is 7.35. The Morgan fingerprint density at radius 2 is 1.95 bits per heavy atom. The lowest BCUT2D eigenvalue weighted by atomic mass is 10.0. The van der Waals surface area contributed by atoms with Gasteiger partial charge in [-0.2, -0.15) is 0 Å². The van der Waals surface area contributed by atoms with Crippen LogP contribution in [0.25, 0.3) is 10.9 Å². The van der Waals surface area contributed by atoms with Crippen LogP contribution in [0.2, 0.25) is 0 Å². The molecule has 22 heavy (non-hydrogen) atoms. The molecular formula is C18H15FN2O. The van der Waals surface area contributed by atoms with E-state index in [9.17, 15) is 9.18 Å². The standard InChI is InChI=1S/C18H15FN2O/c19-13-6-7-16-15(10-13)14-8-9-21(11-17(14)20-16)18(22)12-4-2-1-3-5-12/h1-7,10,20H,8-9,11H2. The summed E-state index contributed by atoms with van der Waals surface area (Å²) in [4.78, 5) is 17.7. The predicted octanol–water partition coefficient (Wildman–Crippen LogP) is 3.51. The van der Waals surface area contributed by atoms with E-state index in [1.54, 1.807) is 12.1 Å². The Morgan fingerprint density at radius 1 is 1.14 bits per heavy atom. The van der Waals surface area contributed by atoms with Crippen LogP contribution in [0.1, 0.15) is 21.6 Å². The average molecular weight is 294 g/mol. The summed E-state index contributed by atoms with van der Waals surface area (Å²) in [6, 6.07) is 14.1. The largest absolute Gasteiger partial charge is 0.357 e. The Morgan fingerprint density at radius 3 is 2.77 bits per heavy atom. The first-order valence-corrected chi connectivity index (χ1v) is 7.35. The monoisotopic (exact) mass is 294 g/mol. The maximum absolute atomic E-state index is 13.4. The molecule has 2 aromatic carbocycles. The zero-order valence-electron chi connectivity index (χ0n) is 12.0. The van der Waals surface area contributed by atoms with Gasteiger partial charge in [-0.1, -0.05) is 18.2 Å². The first-order chi connectivity index (χ1) is 10.7. The molecule has 1 aromatic heterocycles. The van der Waals surface area contributed by atoms with Gasteiger partial charge in [0.05, 0.1) is 6.54 Å². The van der Waals surface area contributed by atoms with Crippen molar-refractivity contribution < 1.29 is 9.18 Å². The minimum absolute atomic E-state index is 0.0380. The molecule has 3 nitrogen and oxygen atoms in total. The molecule has 2 heterocycles. The van der Waals surface area contributed by atoms with Gasteiger partial charge in [-0.15, -0.1) is 0 Å². The number of H-pyrrole nitrogens is 1. The predicted molar refractivity (Wildman–Crippen MR) is 83.1 cm³/mol. The molecule has 0 unspecified atom stereocenters. The summed E-state index contributed by atoms with van der Waals surface area (Å²) >= 11 is 0.